The fourth-order valence-electron chi connectivity index (χ4n) is 2.83. The van der Waals surface area contributed by atoms with Gasteiger partial charge in [-0.05, 0) is 75.6 Å². The highest BCUT2D eigenvalue weighted by molar-refractivity contribution is 5.92. The maximum absolute atomic E-state index is 12.2. The van der Waals surface area contributed by atoms with Crippen molar-refractivity contribution in [3.8, 4) is 5.75 Å². The van der Waals surface area contributed by atoms with E-state index in [1.165, 1.54) is 0 Å². The molecule has 0 saturated carbocycles. The van der Waals surface area contributed by atoms with E-state index in [4.69, 9.17) is 4.74 Å². The second-order valence-electron chi connectivity index (χ2n) is 6.21. The van der Waals surface area contributed by atoms with Crippen LogP contribution in [-0.4, -0.2) is 25.6 Å². The first kappa shape index (κ1) is 18.8. The number of nitrogens with zero attached hydrogens (tertiary/aromatic N) is 1. The van der Waals surface area contributed by atoms with Crippen molar-refractivity contribution in [2.75, 3.05) is 29.9 Å². The summed E-state index contributed by atoms with van der Waals surface area (Å²) in [7, 11) is 0. The van der Waals surface area contributed by atoms with Gasteiger partial charge in [0.05, 0.1) is 0 Å². The molecule has 0 aliphatic rings. The van der Waals surface area contributed by atoms with Crippen LogP contribution in [0.5, 0.6) is 5.75 Å². The van der Waals surface area contributed by atoms with Crippen molar-refractivity contribution in [1.82, 2.24) is 0 Å². The van der Waals surface area contributed by atoms with Crippen LogP contribution in [0.4, 0.5) is 11.4 Å². The third kappa shape index (κ3) is 4.75. The molecular weight excluding hydrogens is 312 g/mol. The summed E-state index contributed by atoms with van der Waals surface area (Å²) in [6, 6.07) is 12.0. The molecule has 0 spiro atoms. The van der Waals surface area contributed by atoms with Crippen LogP contribution in [0.15, 0.2) is 36.4 Å². The molecule has 0 unspecified atom stereocenters. The zero-order valence-corrected chi connectivity index (χ0v) is 15.8. The normalized spacial score (nSPS) is 10.4. The quantitative estimate of drug-likeness (QED) is 0.808. The molecule has 0 aromatic heterocycles. The molecule has 0 heterocycles. The number of anilines is 2. The molecule has 1 N–H and O–H groups in total. The minimum Gasteiger partial charge on any atom is -0.483 e. The van der Waals surface area contributed by atoms with Crippen molar-refractivity contribution < 1.29 is 9.53 Å². The molecule has 2 aromatic rings. The molecule has 4 nitrogen and oxygen atoms in total. The first-order chi connectivity index (χ1) is 12.0. The molecule has 0 aliphatic heterocycles. The van der Waals surface area contributed by atoms with Crippen LogP contribution >= 0.6 is 0 Å². The molecule has 25 heavy (non-hydrogen) atoms. The highest BCUT2D eigenvalue weighted by Crippen LogP contribution is 2.25. The van der Waals surface area contributed by atoms with Gasteiger partial charge in [-0.15, -0.1) is 0 Å². The fraction of sp³-hybridized carbons (Fsp3) is 0.381. The molecule has 0 fully saturated rings. The minimum absolute atomic E-state index is 0.00291. The average Bonchev–Trinajstić information content (AvgIpc) is 2.61. The maximum atomic E-state index is 12.2. The monoisotopic (exact) mass is 340 g/mol. The smallest absolute Gasteiger partial charge is 0.262 e. The van der Waals surface area contributed by atoms with Gasteiger partial charge in [0.1, 0.15) is 5.75 Å². The van der Waals surface area contributed by atoms with E-state index in [-0.39, 0.29) is 12.5 Å². The van der Waals surface area contributed by atoms with E-state index in [0.29, 0.717) is 0 Å². The summed E-state index contributed by atoms with van der Waals surface area (Å²) in [5.41, 5.74) is 5.22. The lowest BCUT2D eigenvalue weighted by Crippen LogP contribution is -2.22. The molecular formula is C21H28N2O2. The molecule has 2 rings (SSSR count). The molecule has 0 saturated heterocycles. The first-order valence-corrected chi connectivity index (χ1v) is 8.80. The number of rotatable bonds is 7. The number of hydrogen-bond donors (Lipinski definition) is 1. The van der Waals surface area contributed by atoms with Gasteiger partial charge in [-0.25, -0.2) is 0 Å². The lowest BCUT2D eigenvalue weighted by atomic mass is 10.1. The van der Waals surface area contributed by atoms with Crippen molar-refractivity contribution in [2.45, 2.75) is 34.6 Å². The molecule has 134 valence electrons. The summed E-state index contributed by atoms with van der Waals surface area (Å²) in [6.45, 7) is 12.2. The number of aryl methyl sites for hydroxylation is 2. The van der Waals surface area contributed by atoms with Crippen LogP contribution in [-0.2, 0) is 4.79 Å². The van der Waals surface area contributed by atoms with Gasteiger partial charge in [-0.3, -0.25) is 4.79 Å². The Labute approximate surface area is 150 Å². The van der Waals surface area contributed by atoms with Crippen LogP contribution in [0.3, 0.4) is 0 Å². The first-order valence-electron chi connectivity index (χ1n) is 8.80. The molecule has 1 amide bonds. The Morgan fingerprint density at radius 1 is 0.960 bits per heavy atom. The Kier molecular flexibility index (Phi) is 6.45. The van der Waals surface area contributed by atoms with Crippen LogP contribution in [0.1, 0.15) is 30.5 Å². The SMILES string of the molecule is CCN(CC)c1ccc(NC(=O)COc2c(C)ccc(C)c2C)cc1. The van der Waals surface area contributed by atoms with Gasteiger partial charge in [-0.1, -0.05) is 12.1 Å². The summed E-state index contributed by atoms with van der Waals surface area (Å²) in [4.78, 5) is 14.4. The van der Waals surface area contributed by atoms with Gasteiger partial charge in [0, 0.05) is 24.5 Å². The van der Waals surface area contributed by atoms with E-state index in [1.807, 2.05) is 51.1 Å². The number of nitrogens with one attached hydrogen (secondary N) is 1. The fourth-order valence-corrected chi connectivity index (χ4v) is 2.83. The highest BCUT2D eigenvalue weighted by atomic mass is 16.5. The van der Waals surface area contributed by atoms with Crippen molar-refractivity contribution in [3.63, 3.8) is 0 Å². The predicted molar refractivity (Wildman–Crippen MR) is 105 cm³/mol. The third-order valence-corrected chi connectivity index (χ3v) is 4.50. The lowest BCUT2D eigenvalue weighted by molar-refractivity contribution is -0.118. The Morgan fingerprint density at radius 2 is 1.56 bits per heavy atom. The number of ether oxygens (including phenoxy) is 1. The minimum atomic E-state index is -0.157. The Morgan fingerprint density at radius 3 is 2.16 bits per heavy atom. The summed E-state index contributed by atoms with van der Waals surface area (Å²) in [5.74, 6) is 0.642. The Hall–Kier alpha value is -2.49. The molecule has 0 atom stereocenters. The average molecular weight is 340 g/mol. The standard InChI is InChI=1S/C21H28N2O2/c1-6-23(7-2)19-12-10-18(11-13-19)22-20(24)14-25-21-16(4)9-8-15(3)17(21)5/h8-13H,6-7,14H2,1-5H3,(H,22,24). The van der Waals surface area contributed by atoms with Crippen molar-refractivity contribution in [3.05, 3.63) is 53.1 Å². The van der Waals surface area contributed by atoms with E-state index in [1.54, 1.807) is 0 Å². The van der Waals surface area contributed by atoms with Gasteiger partial charge < -0.3 is 15.0 Å². The number of amides is 1. The highest BCUT2D eigenvalue weighted by Gasteiger charge is 2.10. The predicted octanol–water partition coefficient (Wildman–Crippen LogP) is 4.48. The number of hydrogen-bond acceptors (Lipinski definition) is 3. The number of carbonyl (C=O) groups excluding carboxylic acids is 1. The van der Waals surface area contributed by atoms with E-state index >= 15 is 0 Å². The van der Waals surface area contributed by atoms with E-state index in [9.17, 15) is 4.79 Å². The third-order valence-electron chi connectivity index (χ3n) is 4.50. The van der Waals surface area contributed by atoms with E-state index < -0.39 is 0 Å². The van der Waals surface area contributed by atoms with Crippen LogP contribution < -0.4 is 15.0 Å². The van der Waals surface area contributed by atoms with Crippen molar-refractivity contribution in [2.24, 2.45) is 0 Å². The molecule has 0 bridgehead atoms. The zero-order valence-electron chi connectivity index (χ0n) is 15.8. The van der Waals surface area contributed by atoms with Gasteiger partial charge >= 0.3 is 0 Å². The lowest BCUT2D eigenvalue weighted by Gasteiger charge is -2.21. The van der Waals surface area contributed by atoms with Crippen LogP contribution in [0.2, 0.25) is 0 Å². The molecule has 0 radical (unpaired) electrons. The number of benzene rings is 2. The van der Waals surface area contributed by atoms with Crippen molar-refractivity contribution in [1.29, 1.82) is 0 Å². The topological polar surface area (TPSA) is 41.6 Å². The van der Waals surface area contributed by atoms with Gasteiger partial charge in [-0.2, -0.15) is 0 Å². The van der Waals surface area contributed by atoms with Gasteiger partial charge in [0.25, 0.3) is 5.91 Å². The Bertz CT molecular complexity index is 719. The second kappa shape index (κ2) is 8.56. The van der Waals surface area contributed by atoms with Crippen molar-refractivity contribution >= 4 is 17.3 Å². The maximum Gasteiger partial charge on any atom is 0.262 e. The second-order valence-corrected chi connectivity index (χ2v) is 6.21. The molecule has 4 heteroatoms. The van der Waals surface area contributed by atoms with Gasteiger partial charge in [0.15, 0.2) is 6.61 Å². The van der Waals surface area contributed by atoms with Crippen LogP contribution in [0.25, 0.3) is 0 Å². The summed E-state index contributed by atoms with van der Waals surface area (Å²) < 4.78 is 5.76. The zero-order chi connectivity index (χ0) is 18.4. The van der Waals surface area contributed by atoms with Gasteiger partial charge in [0.2, 0.25) is 0 Å². The largest absolute Gasteiger partial charge is 0.483 e. The Balaban J connectivity index is 1.96. The summed E-state index contributed by atoms with van der Waals surface area (Å²) in [6.07, 6.45) is 0. The molecule has 2 aromatic carbocycles. The van der Waals surface area contributed by atoms with E-state index in [2.05, 4.69) is 30.1 Å². The van der Waals surface area contributed by atoms with E-state index in [0.717, 1.165) is 46.9 Å². The van der Waals surface area contributed by atoms with Crippen LogP contribution in [0, 0.1) is 20.8 Å². The number of carbonyl (C=O) groups is 1. The molecule has 0 aliphatic carbocycles. The summed E-state index contributed by atoms with van der Waals surface area (Å²) in [5, 5.41) is 2.89. The summed E-state index contributed by atoms with van der Waals surface area (Å²) >= 11 is 0.